The van der Waals surface area contributed by atoms with Crippen molar-refractivity contribution in [3.63, 3.8) is 0 Å². The van der Waals surface area contributed by atoms with E-state index in [-0.39, 0.29) is 6.03 Å². The standard InChI is InChI=1S/C26H24Cl2N2O2/c1-18-5-4-6-19(17-18)26(32)25(15-2-3-16-25)29(22-11-7-20(27)8-12-22)24(31)30(26)23-13-9-21(28)10-14-23/h4-14,17,32H,2-3,15-16H2,1H3. The smallest absolute Gasteiger partial charge is 0.332 e. The first kappa shape index (κ1) is 21.3. The minimum absolute atomic E-state index is 0.263. The van der Waals surface area contributed by atoms with Gasteiger partial charge in [-0.3, -0.25) is 9.80 Å². The van der Waals surface area contributed by atoms with Gasteiger partial charge in [0.2, 0.25) is 0 Å². The van der Waals surface area contributed by atoms with Crippen molar-refractivity contribution in [2.75, 3.05) is 9.80 Å². The molecule has 1 saturated heterocycles. The summed E-state index contributed by atoms with van der Waals surface area (Å²) in [4.78, 5) is 17.5. The van der Waals surface area contributed by atoms with Crippen LogP contribution in [0.25, 0.3) is 0 Å². The zero-order chi connectivity index (χ0) is 22.5. The number of rotatable bonds is 3. The second-order valence-electron chi connectivity index (χ2n) is 8.69. The lowest BCUT2D eigenvalue weighted by atomic mass is 9.78. The summed E-state index contributed by atoms with van der Waals surface area (Å²) in [7, 11) is 0. The van der Waals surface area contributed by atoms with Crippen LogP contribution in [-0.4, -0.2) is 16.7 Å². The van der Waals surface area contributed by atoms with Crippen LogP contribution in [0.3, 0.4) is 0 Å². The van der Waals surface area contributed by atoms with E-state index in [2.05, 4.69) is 0 Å². The predicted octanol–water partition coefficient (Wildman–Crippen LogP) is 6.91. The van der Waals surface area contributed by atoms with Gasteiger partial charge in [-0.05, 0) is 68.3 Å². The molecular weight excluding hydrogens is 443 g/mol. The van der Waals surface area contributed by atoms with Gasteiger partial charge in [-0.1, -0.05) is 65.9 Å². The maximum atomic E-state index is 14.1. The van der Waals surface area contributed by atoms with E-state index in [1.807, 2.05) is 43.3 Å². The normalized spacial score (nSPS) is 22.2. The van der Waals surface area contributed by atoms with Crippen molar-refractivity contribution in [3.05, 3.63) is 94.0 Å². The van der Waals surface area contributed by atoms with E-state index >= 15 is 0 Å². The van der Waals surface area contributed by atoms with E-state index in [0.29, 0.717) is 34.1 Å². The highest BCUT2D eigenvalue weighted by molar-refractivity contribution is 6.31. The number of halogens is 2. The summed E-state index contributed by atoms with van der Waals surface area (Å²) < 4.78 is 0. The van der Waals surface area contributed by atoms with Crippen molar-refractivity contribution in [2.24, 2.45) is 0 Å². The SMILES string of the molecule is Cc1cccc(C2(O)N(c3ccc(Cl)cc3)C(=O)N(c3ccc(Cl)cc3)C23CCCC3)c1. The Balaban J connectivity index is 1.79. The van der Waals surface area contributed by atoms with Crippen LogP contribution in [0.15, 0.2) is 72.8 Å². The van der Waals surface area contributed by atoms with Gasteiger partial charge in [-0.25, -0.2) is 4.79 Å². The summed E-state index contributed by atoms with van der Waals surface area (Å²) in [5.41, 5.74) is 0.692. The maximum absolute atomic E-state index is 14.1. The Kier molecular flexibility index (Phi) is 5.20. The highest BCUT2D eigenvalue weighted by Crippen LogP contribution is 2.57. The Morgan fingerprint density at radius 1 is 0.812 bits per heavy atom. The minimum atomic E-state index is -1.56. The van der Waals surface area contributed by atoms with Gasteiger partial charge in [-0.15, -0.1) is 0 Å². The fourth-order valence-corrected chi connectivity index (χ4v) is 5.66. The molecule has 1 saturated carbocycles. The molecule has 2 fully saturated rings. The van der Waals surface area contributed by atoms with Gasteiger partial charge in [0.15, 0.2) is 5.72 Å². The monoisotopic (exact) mass is 466 g/mol. The molecule has 3 aromatic carbocycles. The molecule has 1 unspecified atom stereocenters. The Morgan fingerprint density at radius 2 is 1.34 bits per heavy atom. The molecule has 6 heteroatoms. The van der Waals surface area contributed by atoms with E-state index in [9.17, 15) is 9.90 Å². The highest BCUT2D eigenvalue weighted by Gasteiger charge is 2.68. The van der Waals surface area contributed by atoms with Crippen LogP contribution in [0.1, 0.15) is 36.8 Å². The summed E-state index contributed by atoms with van der Waals surface area (Å²) in [5.74, 6) is 0. The Morgan fingerprint density at radius 3 is 1.88 bits per heavy atom. The van der Waals surface area contributed by atoms with Crippen LogP contribution >= 0.6 is 23.2 Å². The lowest BCUT2D eigenvalue weighted by molar-refractivity contribution is -0.0152. The minimum Gasteiger partial charge on any atom is -0.364 e. The lowest BCUT2D eigenvalue weighted by Gasteiger charge is -2.45. The highest BCUT2D eigenvalue weighted by atomic mass is 35.5. The summed E-state index contributed by atoms with van der Waals surface area (Å²) in [6, 6.07) is 21.9. The first-order valence-electron chi connectivity index (χ1n) is 10.8. The van der Waals surface area contributed by atoms with Crippen molar-refractivity contribution < 1.29 is 9.90 Å². The van der Waals surface area contributed by atoms with Gasteiger partial charge in [0.05, 0.1) is 0 Å². The number of hydrogen-bond acceptors (Lipinski definition) is 2. The quantitative estimate of drug-likeness (QED) is 0.455. The molecule has 1 aliphatic carbocycles. The van der Waals surface area contributed by atoms with Gasteiger partial charge >= 0.3 is 6.03 Å². The number of hydrogen-bond donors (Lipinski definition) is 1. The average Bonchev–Trinajstić information content (AvgIpc) is 3.34. The molecule has 2 amide bonds. The third kappa shape index (κ3) is 3.05. The van der Waals surface area contributed by atoms with Crippen LogP contribution in [0.2, 0.25) is 10.0 Å². The number of amides is 2. The topological polar surface area (TPSA) is 43.8 Å². The van der Waals surface area contributed by atoms with E-state index in [0.717, 1.165) is 24.1 Å². The zero-order valence-electron chi connectivity index (χ0n) is 17.8. The average molecular weight is 467 g/mol. The van der Waals surface area contributed by atoms with E-state index in [1.54, 1.807) is 41.3 Å². The summed E-state index contributed by atoms with van der Waals surface area (Å²) in [6.45, 7) is 1.99. The number of aliphatic hydroxyl groups is 1. The molecule has 5 rings (SSSR count). The molecule has 1 spiro atoms. The van der Waals surface area contributed by atoms with Gasteiger partial charge in [0.1, 0.15) is 5.54 Å². The van der Waals surface area contributed by atoms with Gasteiger partial charge < -0.3 is 5.11 Å². The molecule has 0 bridgehead atoms. The molecule has 0 radical (unpaired) electrons. The first-order chi connectivity index (χ1) is 15.4. The summed E-state index contributed by atoms with van der Waals surface area (Å²) >= 11 is 12.3. The number of carbonyl (C=O) groups excluding carboxylic acids is 1. The fourth-order valence-electron chi connectivity index (χ4n) is 5.41. The largest absolute Gasteiger partial charge is 0.364 e. The van der Waals surface area contributed by atoms with E-state index < -0.39 is 11.3 Å². The molecule has 32 heavy (non-hydrogen) atoms. The van der Waals surface area contributed by atoms with Crippen molar-refractivity contribution in [1.82, 2.24) is 0 Å². The van der Waals surface area contributed by atoms with Gasteiger partial charge in [0.25, 0.3) is 0 Å². The lowest BCUT2D eigenvalue weighted by Crippen LogP contribution is -2.58. The number of anilines is 2. The van der Waals surface area contributed by atoms with Crippen LogP contribution < -0.4 is 9.80 Å². The van der Waals surface area contributed by atoms with Crippen LogP contribution in [0, 0.1) is 6.92 Å². The third-order valence-electron chi connectivity index (χ3n) is 6.80. The summed E-state index contributed by atoms with van der Waals surface area (Å²) in [5, 5.41) is 13.9. The van der Waals surface area contributed by atoms with Crippen LogP contribution in [0.5, 0.6) is 0 Å². The summed E-state index contributed by atoms with van der Waals surface area (Å²) in [6.07, 6.45) is 3.24. The molecule has 1 atom stereocenters. The number of urea groups is 1. The zero-order valence-corrected chi connectivity index (χ0v) is 19.3. The molecule has 4 nitrogen and oxygen atoms in total. The van der Waals surface area contributed by atoms with Crippen molar-refractivity contribution in [3.8, 4) is 0 Å². The molecule has 0 aromatic heterocycles. The van der Waals surface area contributed by atoms with Crippen LogP contribution in [-0.2, 0) is 5.72 Å². The Bertz CT molecular complexity index is 1160. The number of benzene rings is 3. The van der Waals surface area contributed by atoms with Crippen LogP contribution in [0.4, 0.5) is 16.2 Å². The first-order valence-corrected chi connectivity index (χ1v) is 11.6. The second kappa shape index (κ2) is 7.80. The third-order valence-corrected chi connectivity index (χ3v) is 7.31. The Labute approximate surface area is 198 Å². The molecule has 3 aromatic rings. The number of carbonyl (C=O) groups is 1. The van der Waals surface area contributed by atoms with E-state index in [1.165, 1.54) is 4.90 Å². The van der Waals surface area contributed by atoms with Crippen molar-refractivity contribution in [1.29, 1.82) is 0 Å². The maximum Gasteiger partial charge on any atom is 0.332 e. The molecular formula is C26H24Cl2N2O2. The number of nitrogens with zero attached hydrogens (tertiary/aromatic N) is 2. The Hall–Kier alpha value is -2.53. The van der Waals surface area contributed by atoms with Gasteiger partial charge in [-0.2, -0.15) is 0 Å². The second-order valence-corrected chi connectivity index (χ2v) is 9.56. The van der Waals surface area contributed by atoms with E-state index in [4.69, 9.17) is 23.2 Å². The molecule has 1 N–H and O–H groups in total. The van der Waals surface area contributed by atoms with Crippen molar-refractivity contribution in [2.45, 2.75) is 43.9 Å². The molecule has 2 aliphatic rings. The van der Waals surface area contributed by atoms with Gasteiger partial charge in [0, 0.05) is 27.0 Å². The predicted molar refractivity (Wildman–Crippen MR) is 130 cm³/mol. The fraction of sp³-hybridized carbons (Fsp3) is 0.269. The molecule has 1 heterocycles. The van der Waals surface area contributed by atoms with Crippen molar-refractivity contribution >= 4 is 40.6 Å². The molecule has 1 aliphatic heterocycles. The number of aryl methyl sites for hydroxylation is 1. The molecule has 164 valence electrons.